The van der Waals surface area contributed by atoms with Gasteiger partial charge in [0.25, 0.3) is 11.8 Å². The second-order valence-electron chi connectivity index (χ2n) is 7.50. The number of amides is 2. The molecule has 4 aromatic carbocycles. The lowest BCUT2D eigenvalue weighted by Gasteiger charge is -2.11. The fourth-order valence-corrected chi connectivity index (χ4v) is 3.71. The average Bonchev–Trinajstić information content (AvgIpc) is 3.21. The van der Waals surface area contributed by atoms with Crippen molar-refractivity contribution in [3.05, 3.63) is 102 Å². The average molecular weight is 436 g/mol. The first-order valence-corrected chi connectivity index (χ1v) is 10.4. The molecule has 0 spiro atoms. The van der Waals surface area contributed by atoms with Gasteiger partial charge in [-0.15, -0.1) is 0 Å². The highest BCUT2D eigenvalue weighted by Gasteiger charge is 2.15. The van der Waals surface area contributed by atoms with E-state index in [9.17, 15) is 9.59 Å². The SMILES string of the molecule is COc1cc2c(cc1NC(=O)c1ccc(NC(=O)c3ccccc3)cc1)oc1ccccc12. The van der Waals surface area contributed by atoms with E-state index in [4.69, 9.17) is 9.15 Å². The van der Waals surface area contributed by atoms with E-state index in [-0.39, 0.29) is 11.8 Å². The Kier molecular flexibility index (Phi) is 5.24. The number of para-hydroxylation sites is 1. The molecule has 0 aliphatic heterocycles. The van der Waals surface area contributed by atoms with Crippen LogP contribution in [0.2, 0.25) is 0 Å². The second kappa shape index (κ2) is 8.51. The normalized spacial score (nSPS) is 10.8. The zero-order chi connectivity index (χ0) is 22.8. The van der Waals surface area contributed by atoms with E-state index in [1.807, 2.05) is 36.4 Å². The van der Waals surface area contributed by atoms with E-state index >= 15 is 0 Å². The van der Waals surface area contributed by atoms with Crippen molar-refractivity contribution < 1.29 is 18.7 Å². The van der Waals surface area contributed by atoms with Gasteiger partial charge in [0.1, 0.15) is 16.9 Å². The Bertz CT molecular complexity index is 1470. The summed E-state index contributed by atoms with van der Waals surface area (Å²) < 4.78 is 11.4. The van der Waals surface area contributed by atoms with E-state index in [0.29, 0.717) is 33.8 Å². The molecule has 6 heteroatoms. The standard InChI is InChI=1S/C27H20N2O4/c1-32-25-15-21-20-9-5-6-10-23(20)33-24(21)16-22(25)29-27(31)18-11-13-19(14-12-18)28-26(30)17-7-3-2-4-8-17/h2-16H,1H3,(H,28,30)(H,29,31). The highest BCUT2D eigenvalue weighted by atomic mass is 16.5. The van der Waals surface area contributed by atoms with Crippen LogP contribution in [0.25, 0.3) is 21.9 Å². The van der Waals surface area contributed by atoms with E-state index in [1.54, 1.807) is 61.7 Å². The summed E-state index contributed by atoms with van der Waals surface area (Å²) >= 11 is 0. The number of hydrogen-bond donors (Lipinski definition) is 2. The minimum atomic E-state index is -0.301. The van der Waals surface area contributed by atoms with E-state index in [1.165, 1.54) is 0 Å². The smallest absolute Gasteiger partial charge is 0.255 e. The summed E-state index contributed by atoms with van der Waals surface area (Å²) in [6.07, 6.45) is 0. The summed E-state index contributed by atoms with van der Waals surface area (Å²) in [5.41, 5.74) is 3.54. The molecule has 0 radical (unpaired) electrons. The molecule has 33 heavy (non-hydrogen) atoms. The molecule has 0 fully saturated rings. The molecule has 162 valence electrons. The molecular formula is C27H20N2O4. The molecule has 0 atom stereocenters. The molecule has 1 aromatic heterocycles. The molecule has 5 aromatic rings. The van der Waals surface area contributed by atoms with Crippen molar-refractivity contribution in [1.82, 2.24) is 0 Å². The molecule has 2 N–H and O–H groups in total. The Morgan fingerprint density at radius 3 is 2.12 bits per heavy atom. The zero-order valence-corrected chi connectivity index (χ0v) is 17.8. The first-order chi connectivity index (χ1) is 16.1. The molecule has 0 aliphatic carbocycles. The lowest BCUT2D eigenvalue weighted by atomic mass is 10.1. The number of rotatable bonds is 5. The van der Waals surface area contributed by atoms with Crippen molar-refractivity contribution >= 4 is 45.1 Å². The van der Waals surface area contributed by atoms with E-state index < -0.39 is 0 Å². The number of nitrogens with one attached hydrogen (secondary N) is 2. The zero-order valence-electron chi connectivity index (χ0n) is 17.8. The summed E-state index contributed by atoms with van der Waals surface area (Å²) in [6.45, 7) is 0. The van der Waals surface area contributed by atoms with Crippen molar-refractivity contribution in [3.8, 4) is 5.75 Å². The number of carbonyl (C=O) groups is 2. The highest BCUT2D eigenvalue weighted by Crippen LogP contribution is 2.36. The number of anilines is 2. The number of hydrogen-bond acceptors (Lipinski definition) is 4. The number of furan rings is 1. The van der Waals surface area contributed by atoms with Crippen LogP contribution in [0.15, 0.2) is 95.4 Å². The largest absolute Gasteiger partial charge is 0.495 e. The predicted molar refractivity (Wildman–Crippen MR) is 129 cm³/mol. The molecule has 0 aliphatic rings. The minimum Gasteiger partial charge on any atom is -0.495 e. The predicted octanol–water partition coefficient (Wildman–Crippen LogP) is 6.10. The van der Waals surface area contributed by atoms with Crippen LogP contribution < -0.4 is 15.4 Å². The van der Waals surface area contributed by atoms with Gasteiger partial charge < -0.3 is 19.8 Å². The number of fused-ring (bicyclic) bond motifs is 3. The van der Waals surface area contributed by atoms with E-state index in [2.05, 4.69) is 10.6 Å². The number of benzene rings is 4. The van der Waals surface area contributed by atoms with Crippen LogP contribution in [-0.2, 0) is 0 Å². The molecule has 5 rings (SSSR count). The molecule has 2 amide bonds. The van der Waals surface area contributed by atoms with Crippen LogP contribution in [0.3, 0.4) is 0 Å². The number of carbonyl (C=O) groups excluding carboxylic acids is 2. The highest BCUT2D eigenvalue weighted by molar-refractivity contribution is 6.10. The fourth-order valence-electron chi connectivity index (χ4n) is 3.71. The number of ether oxygens (including phenoxy) is 1. The van der Waals surface area contributed by atoms with Gasteiger partial charge in [-0.05, 0) is 48.5 Å². The molecule has 1 heterocycles. The molecule has 0 saturated heterocycles. The summed E-state index contributed by atoms with van der Waals surface area (Å²) in [5.74, 6) is 0.0236. The van der Waals surface area contributed by atoms with Crippen LogP contribution in [0, 0.1) is 0 Å². The van der Waals surface area contributed by atoms with Gasteiger partial charge in [0, 0.05) is 33.7 Å². The lowest BCUT2D eigenvalue weighted by Crippen LogP contribution is -2.14. The van der Waals surface area contributed by atoms with Crippen LogP contribution in [0.4, 0.5) is 11.4 Å². The topological polar surface area (TPSA) is 80.6 Å². The van der Waals surface area contributed by atoms with Gasteiger partial charge in [0.15, 0.2) is 0 Å². The van der Waals surface area contributed by atoms with Gasteiger partial charge in [0.2, 0.25) is 0 Å². The first-order valence-electron chi connectivity index (χ1n) is 10.4. The fraction of sp³-hybridized carbons (Fsp3) is 0.0370. The maximum absolute atomic E-state index is 12.9. The van der Waals surface area contributed by atoms with Crippen LogP contribution in [-0.4, -0.2) is 18.9 Å². The van der Waals surface area contributed by atoms with Crippen LogP contribution >= 0.6 is 0 Å². The lowest BCUT2D eigenvalue weighted by molar-refractivity contribution is 0.101. The maximum Gasteiger partial charge on any atom is 0.255 e. The summed E-state index contributed by atoms with van der Waals surface area (Å²) in [7, 11) is 1.56. The summed E-state index contributed by atoms with van der Waals surface area (Å²) in [4.78, 5) is 25.2. The molecule has 0 bridgehead atoms. The third-order valence-electron chi connectivity index (χ3n) is 5.39. The minimum absolute atomic E-state index is 0.211. The Morgan fingerprint density at radius 1 is 0.697 bits per heavy atom. The Labute approximate surface area is 189 Å². The summed E-state index contributed by atoms with van der Waals surface area (Å²) in [5, 5.41) is 7.61. The summed E-state index contributed by atoms with van der Waals surface area (Å²) in [6, 6.07) is 27.0. The quantitative estimate of drug-likeness (QED) is 0.349. The monoisotopic (exact) mass is 436 g/mol. The molecular weight excluding hydrogens is 416 g/mol. The van der Waals surface area contributed by atoms with Gasteiger partial charge in [-0.2, -0.15) is 0 Å². The van der Waals surface area contributed by atoms with Gasteiger partial charge in [-0.1, -0.05) is 36.4 Å². The van der Waals surface area contributed by atoms with Crippen molar-refractivity contribution in [2.45, 2.75) is 0 Å². The van der Waals surface area contributed by atoms with E-state index in [0.717, 1.165) is 16.4 Å². The first kappa shape index (κ1) is 20.3. The van der Waals surface area contributed by atoms with Crippen molar-refractivity contribution in [1.29, 1.82) is 0 Å². The second-order valence-corrected chi connectivity index (χ2v) is 7.50. The maximum atomic E-state index is 12.9. The molecule has 0 unspecified atom stereocenters. The van der Waals surface area contributed by atoms with Crippen molar-refractivity contribution in [2.24, 2.45) is 0 Å². The van der Waals surface area contributed by atoms with Crippen LogP contribution in [0.5, 0.6) is 5.75 Å². The Balaban J connectivity index is 1.35. The van der Waals surface area contributed by atoms with Gasteiger partial charge in [0.05, 0.1) is 12.8 Å². The Hall–Kier alpha value is -4.58. The third kappa shape index (κ3) is 4.02. The van der Waals surface area contributed by atoms with Crippen molar-refractivity contribution in [3.63, 3.8) is 0 Å². The van der Waals surface area contributed by atoms with Gasteiger partial charge in [-0.3, -0.25) is 9.59 Å². The van der Waals surface area contributed by atoms with Crippen molar-refractivity contribution in [2.75, 3.05) is 17.7 Å². The Morgan fingerprint density at radius 2 is 1.36 bits per heavy atom. The van der Waals surface area contributed by atoms with Crippen LogP contribution in [0.1, 0.15) is 20.7 Å². The number of methoxy groups -OCH3 is 1. The molecule has 6 nitrogen and oxygen atoms in total. The van der Waals surface area contributed by atoms with Gasteiger partial charge in [-0.25, -0.2) is 0 Å². The van der Waals surface area contributed by atoms with Gasteiger partial charge >= 0.3 is 0 Å². The molecule has 0 saturated carbocycles. The third-order valence-corrected chi connectivity index (χ3v) is 5.39.